The first-order valence-electron chi connectivity index (χ1n) is 6.90. The van der Waals surface area contributed by atoms with Crippen LogP contribution in [-0.2, 0) is 6.54 Å². The molecular weight excluding hydrogens is 269 g/mol. The lowest BCUT2D eigenvalue weighted by atomic mass is 9.99. The Morgan fingerprint density at radius 3 is 2.24 bits per heavy atom. The topological polar surface area (TPSA) is 30.5 Å². The Hall–Kier alpha value is -2.07. The summed E-state index contributed by atoms with van der Waals surface area (Å²) in [6.45, 7) is 3.47. The number of ether oxygens (including phenoxy) is 2. The van der Waals surface area contributed by atoms with Gasteiger partial charge in [-0.05, 0) is 47.5 Å². The van der Waals surface area contributed by atoms with Gasteiger partial charge >= 0.3 is 0 Å². The summed E-state index contributed by atoms with van der Waals surface area (Å²) in [5, 5.41) is 3.23. The molecule has 4 heteroatoms. The van der Waals surface area contributed by atoms with E-state index < -0.39 is 0 Å². The van der Waals surface area contributed by atoms with Gasteiger partial charge in [-0.3, -0.25) is 0 Å². The van der Waals surface area contributed by atoms with E-state index in [4.69, 9.17) is 9.47 Å². The van der Waals surface area contributed by atoms with Crippen LogP contribution in [0.3, 0.4) is 0 Å². The predicted molar refractivity (Wildman–Crippen MR) is 82.3 cm³/mol. The molecule has 0 aliphatic carbocycles. The third kappa shape index (κ3) is 3.73. The lowest BCUT2D eigenvalue weighted by Gasteiger charge is -2.13. The number of methoxy groups -OCH3 is 2. The van der Waals surface area contributed by atoms with E-state index in [2.05, 4.69) is 5.32 Å². The van der Waals surface area contributed by atoms with Gasteiger partial charge in [-0.25, -0.2) is 4.39 Å². The molecular formula is C17H20FNO2. The Morgan fingerprint density at radius 1 is 1.00 bits per heavy atom. The summed E-state index contributed by atoms with van der Waals surface area (Å²) in [5.41, 5.74) is 2.82. The molecule has 0 aromatic heterocycles. The van der Waals surface area contributed by atoms with Crippen molar-refractivity contribution >= 4 is 0 Å². The molecule has 0 spiro atoms. The lowest BCUT2D eigenvalue weighted by Crippen LogP contribution is -2.12. The average molecular weight is 289 g/mol. The standard InChI is InChI=1S/C17H20FNO2/c1-4-19-11-13-7-14(18)5-6-17(13)12-8-15(20-2)10-16(9-12)21-3/h5-10,19H,4,11H2,1-3H3. The van der Waals surface area contributed by atoms with E-state index in [1.165, 1.54) is 6.07 Å². The molecule has 0 radical (unpaired) electrons. The van der Waals surface area contributed by atoms with Gasteiger partial charge in [0.1, 0.15) is 17.3 Å². The summed E-state index contributed by atoms with van der Waals surface area (Å²) in [6.07, 6.45) is 0. The second-order valence-corrected chi connectivity index (χ2v) is 4.68. The van der Waals surface area contributed by atoms with Crippen LogP contribution in [-0.4, -0.2) is 20.8 Å². The summed E-state index contributed by atoms with van der Waals surface area (Å²) in [7, 11) is 3.23. The first-order chi connectivity index (χ1) is 10.2. The van der Waals surface area contributed by atoms with Gasteiger partial charge in [0, 0.05) is 12.6 Å². The van der Waals surface area contributed by atoms with E-state index >= 15 is 0 Å². The zero-order valence-corrected chi connectivity index (χ0v) is 12.6. The maximum absolute atomic E-state index is 13.5. The molecule has 2 aromatic rings. The second-order valence-electron chi connectivity index (χ2n) is 4.68. The molecule has 0 unspecified atom stereocenters. The van der Waals surface area contributed by atoms with E-state index in [1.54, 1.807) is 26.4 Å². The molecule has 2 aromatic carbocycles. The van der Waals surface area contributed by atoms with Gasteiger partial charge in [0.05, 0.1) is 14.2 Å². The van der Waals surface area contributed by atoms with Crippen molar-refractivity contribution in [3.05, 3.63) is 47.8 Å². The highest BCUT2D eigenvalue weighted by Gasteiger charge is 2.09. The minimum Gasteiger partial charge on any atom is -0.497 e. The molecule has 0 saturated carbocycles. The van der Waals surface area contributed by atoms with E-state index in [0.717, 1.165) is 23.2 Å². The quantitative estimate of drug-likeness (QED) is 0.881. The van der Waals surface area contributed by atoms with E-state index in [-0.39, 0.29) is 5.82 Å². The van der Waals surface area contributed by atoms with Crippen LogP contribution in [0.4, 0.5) is 4.39 Å². The fraction of sp³-hybridized carbons (Fsp3) is 0.294. The van der Waals surface area contributed by atoms with Crippen LogP contribution in [0.5, 0.6) is 11.5 Å². The zero-order valence-electron chi connectivity index (χ0n) is 12.6. The summed E-state index contributed by atoms with van der Waals surface area (Å²) in [5.74, 6) is 1.19. The highest BCUT2D eigenvalue weighted by molar-refractivity contribution is 5.70. The monoisotopic (exact) mass is 289 g/mol. The Labute approximate surface area is 124 Å². The third-order valence-corrected chi connectivity index (χ3v) is 3.30. The molecule has 2 rings (SSSR count). The number of rotatable bonds is 6. The maximum Gasteiger partial charge on any atom is 0.123 e. The van der Waals surface area contributed by atoms with Crippen LogP contribution in [0.15, 0.2) is 36.4 Å². The number of halogens is 1. The van der Waals surface area contributed by atoms with Crippen molar-refractivity contribution in [2.75, 3.05) is 20.8 Å². The van der Waals surface area contributed by atoms with Crippen molar-refractivity contribution in [1.82, 2.24) is 5.32 Å². The van der Waals surface area contributed by atoms with E-state index in [9.17, 15) is 4.39 Å². The molecule has 0 amide bonds. The minimum atomic E-state index is -0.235. The van der Waals surface area contributed by atoms with Gasteiger partial charge in [0.2, 0.25) is 0 Å². The molecule has 0 aliphatic rings. The zero-order chi connectivity index (χ0) is 15.2. The first-order valence-corrected chi connectivity index (χ1v) is 6.90. The smallest absolute Gasteiger partial charge is 0.123 e. The van der Waals surface area contributed by atoms with Gasteiger partial charge in [-0.2, -0.15) is 0 Å². The van der Waals surface area contributed by atoms with Gasteiger partial charge in [0.15, 0.2) is 0 Å². The molecule has 0 aliphatic heterocycles. The summed E-state index contributed by atoms with van der Waals surface area (Å²) in [4.78, 5) is 0. The molecule has 0 bridgehead atoms. The van der Waals surface area contributed by atoms with Crippen LogP contribution in [0.25, 0.3) is 11.1 Å². The summed E-state index contributed by atoms with van der Waals surface area (Å²) >= 11 is 0. The first kappa shape index (κ1) is 15.3. The minimum absolute atomic E-state index is 0.235. The highest BCUT2D eigenvalue weighted by Crippen LogP contribution is 2.32. The molecule has 0 heterocycles. The van der Waals surface area contributed by atoms with Crippen LogP contribution in [0, 0.1) is 5.82 Å². The number of nitrogens with one attached hydrogen (secondary N) is 1. The van der Waals surface area contributed by atoms with Crippen LogP contribution in [0.2, 0.25) is 0 Å². The Bertz CT molecular complexity index is 591. The van der Waals surface area contributed by atoms with Gasteiger partial charge in [-0.15, -0.1) is 0 Å². The fourth-order valence-corrected chi connectivity index (χ4v) is 2.21. The molecule has 112 valence electrons. The van der Waals surface area contributed by atoms with Crippen molar-refractivity contribution < 1.29 is 13.9 Å². The van der Waals surface area contributed by atoms with E-state index in [0.29, 0.717) is 18.0 Å². The van der Waals surface area contributed by atoms with Crippen LogP contribution >= 0.6 is 0 Å². The van der Waals surface area contributed by atoms with Crippen LogP contribution in [0.1, 0.15) is 12.5 Å². The number of benzene rings is 2. The van der Waals surface area contributed by atoms with Crippen LogP contribution < -0.4 is 14.8 Å². The Morgan fingerprint density at radius 2 is 1.67 bits per heavy atom. The van der Waals surface area contributed by atoms with Crippen molar-refractivity contribution in [3.63, 3.8) is 0 Å². The van der Waals surface area contributed by atoms with E-state index in [1.807, 2.05) is 25.1 Å². The second kappa shape index (κ2) is 7.09. The third-order valence-electron chi connectivity index (χ3n) is 3.30. The van der Waals surface area contributed by atoms with Crippen molar-refractivity contribution in [3.8, 4) is 22.6 Å². The summed E-state index contributed by atoms with van der Waals surface area (Å²) < 4.78 is 24.1. The molecule has 1 N–H and O–H groups in total. The van der Waals surface area contributed by atoms with Crippen molar-refractivity contribution in [1.29, 1.82) is 0 Å². The number of hydrogen-bond donors (Lipinski definition) is 1. The Kier molecular flexibility index (Phi) is 5.17. The van der Waals surface area contributed by atoms with Crippen molar-refractivity contribution in [2.24, 2.45) is 0 Å². The number of hydrogen-bond acceptors (Lipinski definition) is 3. The molecule has 0 atom stereocenters. The Balaban J connectivity index is 2.49. The maximum atomic E-state index is 13.5. The van der Waals surface area contributed by atoms with Gasteiger partial charge in [-0.1, -0.05) is 13.0 Å². The molecule has 0 fully saturated rings. The van der Waals surface area contributed by atoms with Crippen molar-refractivity contribution in [2.45, 2.75) is 13.5 Å². The SMILES string of the molecule is CCNCc1cc(F)ccc1-c1cc(OC)cc(OC)c1. The summed E-state index contributed by atoms with van der Waals surface area (Å²) in [6, 6.07) is 10.5. The average Bonchev–Trinajstić information content (AvgIpc) is 2.52. The lowest BCUT2D eigenvalue weighted by molar-refractivity contribution is 0.394. The fourth-order valence-electron chi connectivity index (χ4n) is 2.21. The highest BCUT2D eigenvalue weighted by atomic mass is 19.1. The largest absolute Gasteiger partial charge is 0.497 e. The van der Waals surface area contributed by atoms with Gasteiger partial charge < -0.3 is 14.8 Å². The molecule has 0 saturated heterocycles. The predicted octanol–water partition coefficient (Wildman–Crippen LogP) is 3.62. The molecule has 3 nitrogen and oxygen atoms in total. The van der Waals surface area contributed by atoms with Gasteiger partial charge in [0.25, 0.3) is 0 Å². The molecule has 21 heavy (non-hydrogen) atoms. The normalized spacial score (nSPS) is 10.5.